The van der Waals surface area contributed by atoms with Gasteiger partial charge in [-0.25, -0.2) is 0 Å². The molecular weight excluding hydrogens is 504 g/mol. The van der Waals surface area contributed by atoms with Crippen LogP contribution in [0.15, 0.2) is 30.3 Å². The Bertz CT molecular complexity index is 807. The number of rotatable bonds is 15. The first-order valence-corrected chi connectivity index (χ1v) is 14.2. The summed E-state index contributed by atoms with van der Waals surface area (Å²) in [6.07, 6.45) is 9.57. The van der Waals surface area contributed by atoms with Gasteiger partial charge < -0.3 is 26.4 Å². The van der Waals surface area contributed by atoms with Crippen LogP contribution in [0.4, 0.5) is 0 Å². The zero-order valence-electron chi connectivity index (χ0n) is 22.6. The van der Waals surface area contributed by atoms with E-state index < -0.39 is 12.0 Å². The molecule has 0 aliphatic carbocycles. The van der Waals surface area contributed by atoms with E-state index >= 15 is 0 Å². The molecule has 0 spiro atoms. The summed E-state index contributed by atoms with van der Waals surface area (Å²) in [7, 11) is 0. The van der Waals surface area contributed by atoms with Gasteiger partial charge in [-0.2, -0.15) is 0 Å². The van der Waals surface area contributed by atoms with Gasteiger partial charge in [0.2, 0.25) is 11.8 Å². The van der Waals surface area contributed by atoms with Gasteiger partial charge in [0.15, 0.2) is 0 Å². The Kier molecular flexibility index (Phi) is 15.3. The van der Waals surface area contributed by atoms with Crippen LogP contribution < -0.4 is 21.3 Å². The largest absolute Gasteiger partial charge is 0.481 e. The Morgan fingerprint density at radius 3 is 1.95 bits per heavy atom. The van der Waals surface area contributed by atoms with Gasteiger partial charge in [-0.05, 0) is 108 Å². The van der Waals surface area contributed by atoms with Gasteiger partial charge in [-0.1, -0.05) is 30.3 Å². The smallest absolute Gasteiger partial charge is 0.305 e. The van der Waals surface area contributed by atoms with Crippen LogP contribution in [0.3, 0.4) is 0 Å². The molecule has 2 aliphatic rings. The van der Waals surface area contributed by atoms with Crippen LogP contribution >= 0.6 is 12.4 Å². The highest BCUT2D eigenvalue weighted by Crippen LogP contribution is 2.26. The van der Waals surface area contributed by atoms with Gasteiger partial charge in [-0.15, -0.1) is 12.4 Å². The van der Waals surface area contributed by atoms with Crippen molar-refractivity contribution in [3.63, 3.8) is 0 Å². The van der Waals surface area contributed by atoms with Crippen LogP contribution in [-0.2, 0) is 20.8 Å². The highest BCUT2D eigenvalue weighted by atomic mass is 35.5. The lowest BCUT2D eigenvalue weighted by atomic mass is 9.84. The summed E-state index contributed by atoms with van der Waals surface area (Å²) in [5.74, 6) is -0.0655. The molecule has 1 unspecified atom stereocenters. The van der Waals surface area contributed by atoms with Gasteiger partial charge in [0.1, 0.15) is 0 Å². The fraction of sp³-hybridized carbons (Fsp3) is 0.690. The van der Waals surface area contributed by atoms with Crippen molar-refractivity contribution in [2.75, 3.05) is 32.7 Å². The number of benzene rings is 1. The monoisotopic (exact) mass is 550 g/mol. The molecule has 1 aromatic rings. The molecule has 2 aliphatic heterocycles. The average Bonchev–Trinajstić information content (AvgIpc) is 2.92. The summed E-state index contributed by atoms with van der Waals surface area (Å²) < 4.78 is 0. The van der Waals surface area contributed by atoms with Gasteiger partial charge in [-0.3, -0.25) is 14.4 Å². The van der Waals surface area contributed by atoms with E-state index in [9.17, 15) is 19.5 Å². The molecule has 38 heavy (non-hydrogen) atoms. The number of hydrogen-bond acceptors (Lipinski definition) is 5. The van der Waals surface area contributed by atoms with Crippen molar-refractivity contribution in [3.05, 3.63) is 35.9 Å². The molecule has 0 aromatic heterocycles. The Labute approximate surface area is 233 Å². The molecule has 2 amide bonds. The summed E-state index contributed by atoms with van der Waals surface area (Å²) in [6.45, 7) is 4.10. The molecular formula is C29H47ClN4O4. The second-order valence-corrected chi connectivity index (χ2v) is 10.8. The summed E-state index contributed by atoms with van der Waals surface area (Å²) >= 11 is 0. The Hall–Kier alpha value is -2.16. The average molecular weight is 551 g/mol. The molecule has 2 fully saturated rings. The molecule has 2 saturated heterocycles. The fourth-order valence-electron chi connectivity index (χ4n) is 5.63. The quantitative estimate of drug-likeness (QED) is 0.229. The Balaban J connectivity index is 0.00000507. The van der Waals surface area contributed by atoms with Crippen molar-refractivity contribution in [2.45, 2.75) is 76.7 Å². The van der Waals surface area contributed by atoms with E-state index in [1.165, 1.54) is 25.7 Å². The van der Waals surface area contributed by atoms with E-state index in [1.54, 1.807) is 0 Å². The van der Waals surface area contributed by atoms with Gasteiger partial charge in [0, 0.05) is 12.0 Å². The van der Waals surface area contributed by atoms with E-state index in [4.69, 9.17) is 0 Å². The maximum atomic E-state index is 13.2. The molecule has 1 aromatic carbocycles. The third-order valence-corrected chi connectivity index (χ3v) is 7.97. The second kappa shape index (κ2) is 18.2. The van der Waals surface area contributed by atoms with E-state index in [2.05, 4.69) is 21.3 Å². The van der Waals surface area contributed by atoms with E-state index in [1.807, 2.05) is 30.3 Å². The maximum absolute atomic E-state index is 13.2. The molecule has 5 N–H and O–H groups in total. The first-order valence-electron chi connectivity index (χ1n) is 14.2. The lowest BCUT2D eigenvalue weighted by Gasteiger charge is -2.27. The zero-order chi connectivity index (χ0) is 26.3. The van der Waals surface area contributed by atoms with Gasteiger partial charge in [0.25, 0.3) is 0 Å². The molecule has 2 heterocycles. The lowest BCUT2D eigenvalue weighted by molar-refractivity contribution is -0.138. The molecule has 0 bridgehead atoms. The fourth-order valence-corrected chi connectivity index (χ4v) is 5.63. The number of carboxylic acid groups (broad SMARTS) is 1. The Morgan fingerprint density at radius 1 is 0.868 bits per heavy atom. The van der Waals surface area contributed by atoms with Crippen molar-refractivity contribution in [1.82, 2.24) is 21.3 Å². The van der Waals surface area contributed by atoms with Crippen LogP contribution in [0.1, 0.15) is 69.8 Å². The topological polar surface area (TPSA) is 120 Å². The molecule has 214 valence electrons. The number of carbonyl (C=O) groups is 3. The normalized spacial score (nSPS) is 17.4. The third kappa shape index (κ3) is 12.6. The van der Waals surface area contributed by atoms with Crippen LogP contribution in [-0.4, -0.2) is 61.7 Å². The number of nitrogens with one attached hydrogen (secondary N) is 4. The third-order valence-electron chi connectivity index (χ3n) is 7.97. The minimum atomic E-state index is -0.946. The van der Waals surface area contributed by atoms with Crippen molar-refractivity contribution < 1.29 is 19.5 Å². The molecule has 1 atom stereocenters. The van der Waals surface area contributed by atoms with Crippen LogP contribution in [0, 0.1) is 17.8 Å². The number of amides is 2. The summed E-state index contributed by atoms with van der Waals surface area (Å²) in [5.41, 5.74) is 1.10. The zero-order valence-corrected chi connectivity index (χ0v) is 23.4. The van der Waals surface area contributed by atoms with E-state index in [0.717, 1.165) is 57.4 Å². The summed E-state index contributed by atoms with van der Waals surface area (Å²) in [4.78, 5) is 37.1. The first-order chi connectivity index (χ1) is 18.0. The highest BCUT2D eigenvalue weighted by Gasteiger charge is 2.24. The lowest BCUT2D eigenvalue weighted by Crippen LogP contribution is -2.44. The Morgan fingerprint density at radius 2 is 1.42 bits per heavy atom. The number of carboxylic acids is 1. The summed E-state index contributed by atoms with van der Waals surface area (Å²) in [6, 6.07) is 9.35. The number of piperidine rings is 2. The molecule has 9 heteroatoms. The predicted octanol–water partition coefficient (Wildman–Crippen LogP) is 3.29. The predicted molar refractivity (Wildman–Crippen MR) is 152 cm³/mol. The van der Waals surface area contributed by atoms with Crippen LogP contribution in [0.25, 0.3) is 0 Å². The van der Waals surface area contributed by atoms with E-state index in [-0.39, 0.29) is 43.1 Å². The summed E-state index contributed by atoms with van der Waals surface area (Å²) in [5, 5.41) is 21.8. The minimum absolute atomic E-state index is 0. The van der Waals surface area contributed by atoms with Crippen molar-refractivity contribution in [2.24, 2.45) is 17.8 Å². The number of halogens is 1. The number of hydrogen-bond donors (Lipinski definition) is 5. The van der Waals surface area contributed by atoms with Crippen molar-refractivity contribution in [3.8, 4) is 0 Å². The first kappa shape index (κ1) is 32.1. The number of aryl methyl sites for hydroxylation is 1. The van der Waals surface area contributed by atoms with Crippen LogP contribution in [0.5, 0.6) is 0 Å². The van der Waals surface area contributed by atoms with Gasteiger partial charge in [0.05, 0.1) is 13.0 Å². The van der Waals surface area contributed by atoms with Crippen LogP contribution in [0.2, 0.25) is 0 Å². The number of aliphatic carboxylic acids is 1. The molecule has 3 rings (SSSR count). The standard InChI is InChI=1S/C29H46N4O4.ClH/c34-27(33-26(20-28(35)36)11-8-22-4-2-1-3-5-22)21-32-29(37)25(9-6-23-12-16-30-17-13-23)10-7-24-14-18-31-19-15-24;/h1-5,23-26,30-31H,6-21H2,(H,32,37)(H,33,34)(H,35,36);1H. The SMILES string of the molecule is Cl.O=C(O)CC(CCc1ccccc1)NC(=O)CNC(=O)C(CCC1CCNCC1)CCC1CCNCC1. The van der Waals surface area contributed by atoms with E-state index in [0.29, 0.717) is 24.7 Å². The molecule has 8 nitrogen and oxygen atoms in total. The van der Waals surface area contributed by atoms with Gasteiger partial charge >= 0.3 is 5.97 Å². The minimum Gasteiger partial charge on any atom is -0.481 e. The van der Waals surface area contributed by atoms with Crippen molar-refractivity contribution in [1.29, 1.82) is 0 Å². The second-order valence-electron chi connectivity index (χ2n) is 10.8. The maximum Gasteiger partial charge on any atom is 0.305 e. The highest BCUT2D eigenvalue weighted by molar-refractivity contribution is 5.86. The van der Waals surface area contributed by atoms with Crippen molar-refractivity contribution >= 4 is 30.2 Å². The molecule has 0 radical (unpaired) electrons. The molecule has 0 saturated carbocycles. The number of carbonyl (C=O) groups excluding carboxylic acids is 2.